The maximum atomic E-state index is 12.6. The number of aryl methyl sites for hydroxylation is 2. The van der Waals surface area contributed by atoms with Crippen molar-refractivity contribution in [3.63, 3.8) is 0 Å². The van der Waals surface area contributed by atoms with Gasteiger partial charge in [-0.3, -0.25) is 4.72 Å². The molecule has 0 aliphatic heterocycles. The number of sulfonamides is 1. The molecule has 0 heterocycles. The number of nitrogens with one attached hydrogen (secondary N) is 1. The van der Waals surface area contributed by atoms with Gasteiger partial charge in [-0.2, -0.15) is 0 Å². The highest BCUT2D eigenvalue weighted by Gasteiger charge is 2.18. The zero-order valence-corrected chi connectivity index (χ0v) is 14.2. The minimum atomic E-state index is -3.70. The van der Waals surface area contributed by atoms with Gasteiger partial charge in [0.1, 0.15) is 0 Å². The van der Waals surface area contributed by atoms with Gasteiger partial charge < -0.3 is 4.74 Å². The average molecular weight is 345 g/mol. The highest BCUT2D eigenvalue weighted by molar-refractivity contribution is 7.92. The number of fused-ring (bicyclic) bond motifs is 1. The monoisotopic (exact) mass is 345 g/mol. The summed E-state index contributed by atoms with van der Waals surface area (Å²) in [6.07, 6.45) is 4.16. The molecule has 2 aromatic rings. The maximum absolute atomic E-state index is 12.6. The number of methoxy groups -OCH3 is 1. The smallest absolute Gasteiger partial charge is 0.337 e. The lowest BCUT2D eigenvalue weighted by Gasteiger charge is -2.17. The molecule has 0 radical (unpaired) electrons. The van der Waals surface area contributed by atoms with E-state index in [0.29, 0.717) is 11.3 Å². The summed E-state index contributed by atoms with van der Waals surface area (Å²) >= 11 is 0. The average Bonchev–Trinajstić information content (AvgIpc) is 2.60. The number of benzene rings is 2. The third-order valence-corrected chi connectivity index (χ3v) is 5.55. The van der Waals surface area contributed by atoms with Crippen LogP contribution in [0.4, 0.5) is 5.69 Å². The van der Waals surface area contributed by atoms with Crippen LogP contribution in [0, 0.1) is 0 Å². The summed E-state index contributed by atoms with van der Waals surface area (Å²) in [5.74, 6) is -0.509. The van der Waals surface area contributed by atoms with Gasteiger partial charge in [-0.25, -0.2) is 13.2 Å². The van der Waals surface area contributed by atoms with Crippen LogP contribution in [0.2, 0.25) is 0 Å². The van der Waals surface area contributed by atoms with E-state index in [0.717, 1.165) is 31.2 Å². The predicted octanol–water partition coefficient (Wildman–Crippen LogP) is 3.15. The fourth-order valence-corrected chi connectivity index (χ4v) is 4.02. The first-order chi connectivity index (χ1) is 11.5. The van der Waals surface area contributed by atoms with Gasteiger partial charge in [-0.1, -0.05) is 12.1 Å². The molecular weight excluding hydrogens is 326 g/mol. The molecule has 3 rings (SSSR count). The molecule has 0 saturated heterocycles. The molecule has 0 aromatic heterocycles. The summed E-state index contributed by atoms with van der Waals surface area (Å²) in [4.78, 5) is 11.8. The summed E-state index contributed by atoms with van der Waals surface area (Å²) in [6, 6.07) is 11.5. The lowest BCUT2D eigenvalue weighted by Crippen LogP contribution is -2.15. The zero-order valence-electron chi connectivity index (χ0n) is 13.4. The Bertz CT molecular complexity index is 874. The largest absolute Gasteiger partial charge is 0.465 e. The van der Waals surface area contributed by atoms with Crippen LogP contribution >= 0.6 is 0 Å². The standard InChI is InChI=1S/C18H19NO4S/c1-23-18(20)15-7-4-8-16(11-15)19-24(21,22)17-10-9-13-5-2-3-6-14(13)12-17/h4,7-12,19H,2-3,5-6H2,1H3. The number of ether oxygens (including phenoxy) is 1. The molecule has 126 valence electrons. The molecule has 0 amide bonds. The Morgan fingerprint density at radius 1 is 1.04 bits per heavy atom. The highest BCUT2D eigenvalue weighted by atomic mass is 32.2. The third kappa shape index (κ3) is 3.43. The summed E-state index contributed by atoms with van der Waals surface area (Å²) in [5, 5.41) is 0. The van der Waals surface area contributed by atoms with Crippen LogP contribution in [0.15, 0.2) is 47.4 Å². The first kappa shape index (κ1) is 16.5. The molecule has 0 unspecified atom stereocenters. The molecule has 6 heteroatoms. The van der Waals surface area contributed by atoms with Gasteiger partial charge in [0, 0.05) is 5.69 Å². The van der Waals surface area contributed by atoms with Crippen LogP contribution in [0.5, 0.6) is 0 Å². The molecule has 5 nitrogen and oxygen atoms in total. The normalized spacial score (nSPS) is 13.9. The van der Waals surface area contributed by atoms with Crippen LogP contribution in [-0.2, 0) is 27.6 Å². The number of hydrogen-bond donors (Lipinski definition) is 1. The lowest BCUT2D eigenvalue weighted by atomic mass is 9.92. The maximum Gasteiger partial charge on any atom is 0.337 e. The van der Waals surface area contributed by atoms with E-state index in [2.05, 4.69) is 9.46 Å². The molecule has 1 aliphatic rings. The SMILES string of the molecule is COC(=O)c1cccc(NS(=O)(=O)c2ccc3c(c2)CCCC3)c1. The Balaban J connectivity index is 1.88. The van der Waals surface area contributed by atoms with Gasteiger partial charge in [0.2, 0.25) is 0 Å². The first-order valence-electron chi connectivity index (χ1n) is 7.82. The van der Waals surface area contributed by atoms with Gasteiger partial charge in [0.05, 0.1) is 17.6 Å². The minimum Gasteiger partial charge on any atom is -0.465 e. The van der Waals surface area contributed by atoms with E-state index in [1.165, 1.54) is 18.7 Å². The Hall–Kier alpha value is -2.34. The van der Waals surface area contributed by atoms with Crippen LogP contribution in [-0.4, -0.2) is 21.5 Å². The Morgan fingerprint density at radius 3 is 2.54 bits per heavy atom. The van der Waals surface area contributed by atoms with Crippen molar-refractivity contribution in [1.29, 1.82) is 0 Å². The molecular formula is C18H19NO4S. The molecule has 0 spiro atoms. The van der Waals surface area contributed by atoms with Crippen molar-refractivity contribution in [2.75, 3.05) is 11.8 Å². The molecule has 24 heavy (non-hydrogen) atoms. The van der Waals surface area contributed by atoms with Crippen LogP contribution in [0.3, 0.4) is 0 Å². The molecule has 1 N–H and O–H groups in total. The Morgan fingerprint density at radius 2 is 1.79 bits per heavy atom. The van der Waals surface area contributed by atoms with Gasteiger partial charge in [0.15, 0.2) is 0 Å². The number of carbonyl (C=O) groups is 1. The minimum absolute atomic E-state index is 0.242. The van der Waals surface area contributed by atoms with Gasteiger partial charge >= 0.3 is 5.97 Å². The second-order valence-electron chi connectivity index (χ2n) is 5.82. The van der Waals surface area contributed by atoms with E-state index in [1.54, 1.807) is 30.3 Å². The molecule has 2 aromatic carbocycles. The van der Waals surface area contributed by atoms with Gasteiger partial charge in [0.25, 0.3) is 10.0 Å². The second kappa shape index (κ2) is 6.65. The lowest BCUT2D eigenvalue weighted by molar-refractivity contribution is 0.0601. The number of esters is 1. The van der Waals surface area contributed by atoms with E-state index in [1.807, 2.05) is 6.07 Å². The Labute approximate surface area is 141 Å². The number of hydrogen-bond acceptors (Lipinski definition) is 4. The summed E-state index contributed by atoms with van der Waals surface area (Å²) in [7, 11) is -2.41. The van der Waals surface area contributed by atoms with E-state index in [9.17, 15) is 13.2 Å². The fourth-order valence-electron chi connectivity index (χ4n) is 2.92. The molecule has 0 atom stereocenters. The van der Waals surface area contributed by atoms with E-state index < -0.39 is 16.0 Å². The van der Waals surface area contributed by atoms with E-state index in [-0.39, 0.29) is 4.90 Å². The Kier molecular flexibility index (Phi) is 4.57. The second-order valence-corrected chi connectivity index (χ2v) is 7.50. The summed E-state index contributed by atoms with van der Waals surface area (Å²) in [5.41, 5.74) is 2.96. The summed E-state index contributed by atoms with van der Waals surface area (Å²) in [6.45, 7) is 0. The van der Waals surface area contributed by atoms with Crippen LogP contribution in [0.25, 0.3) is 0 Å². The quantitative estimate of drug-likeness (QED) is 0.864. The summed E-state index contributed by atoms with van der Waals surface area (Å²) < 4.78 is 32.4. The zero-order chi connectivity index (χ0) is 17.2. The van der Waals surface area contributed by atoms with E-state index in [4.69, 9.17) is 0 Å². The fraction of sp³-hybridized carbons (Fsp3) is 0.278. The first-order valence-corrected chi connectivity index (χ1v) is 9.31. The number of carbonyl (C=O) groups excluding carboxylic acids is 1. The molecule has 0 bridgehead atoms. The van der Waals surface area contributed by atoms with Crippen molar-refractivity contribution in [3.8, 4) is 0 Å². The molecule has 1 aliphatic carbocycles. The van der Waals surface area contributed by atoms with Crippen molar-refractivity contribution < 1.29 is 17.9 Å². The van der Waals surface area contributed by atoms with Crippen LogP contribution in [0.1, 0.15) is 34.3 Å². The number of rotatable bonds is 4. The predicted molar refractivity (Wildman–Crippen MR) is 91.7 cm³/mol. The van der Waals surface area contributed by atoms with Gasteiger partial charge in [-0.15, -0.1) is 0 Å². The van der Waals surface area contributed by atoms with Crippen molar-refractivity contribution in [1.82, 2.24) is 0 Å². The number of anilines is 1. The van der Waals surface area contributed by atoms with Crippen molar-refractivity contribution in [3.05, 3.63) is 59.2 Å². The topological polar surface area (TPSA) is 72.5 Å². The third-order valence-electron chi connectivity index (χ3n) is 4.17. The van der Waals surface area contributed by atoms with Gasteiger partial charge in [-0.05, 0) is 67.1 Å². The van der Waals surface area contributed by atoms with Crippen LogP contribution < -0.4 is 4.72 Å². The van der Waals surface area contributed by atoms with E-state index >= 15 is 0 Å². The van der Waals surface area contributed by atoms with Crippen molar-refractivity contribution in [2.24, 2.45) is 0 Å². The molecule has 0 fully saturated rings. The molecule has 0 saturated carbocycles. The van der Waals surface area contributed by atoms with Crippen molar-refractivity contribution in [2.45, 2.75) is 30.6 Å². The van der Waals surface area contributed by atoms with Crippen molar-refractivity contribution >= 4 is 21.7 Å². The highest BCUT2D eigenvalue weighted by Crippen LogP contribution is 2.25.